The number of rotatable bonds is 2. The lowest BCUT2D eigenvalue weighted by Crippen LogP contribution is -2.42. The van der Waals surface area contributed by atoms with Gasteiger partial charge in [-0.3, -0.25) is 4.79 Å². The van der Waals surface area contributed by atoms with Crippen LogP contribution in [0.3, 0.4) is 0 Å². The van der Waals surface area contributed by atoms with Crippen LogP contribution in [0.25, 0.3) is 4.91 Å². The summed E-state index contributed by atoms with van der Waals surface area (Å²) in [6.45, 7) is 12.2. The van der Waals surface area contributed by atoms with Gasteiger partial charge in [0.2, 0.25) is 5.91 Å². The Morgan fingerprint density at radius 1 is 1.07 bits per heavy atom. The van der Waals surface area contributed by atoms with Gasteiger partial charge in [0.1, 0.15) is 10.7 Å². The van der Waals surface area contributed by atoms with Gasteiger partial charge < -0.3 is 9.80 Å². The summed E-state index contributed by atoms with van der Waals surface area (Å²) < 4.78 is 29.8. The maximum Gasteiger partial charge on any atom is 0.285 e. The monoisotopic (exact) mass is 417 g/mol. The van der Waals surface area contributed by atoms with E-state index in [1.54, 1.807) is 0 Å². The number of carbonyl (C=O) groups excluding carboxylic acids is 1. The van der Waals surface area contributed by atoms with E-state index in [2.05, 4.69) is 11.3 Å². The van der Waals surface area contributed by atoms with E-state index in [1.165, 1.54) is 5.56 Å². The first kappa shape index (κ1) is 21.6. The molecule has 0 aliphatic carbocycles. The number of hydrogen-bond donors (Lipinski definition) is 0. The van der Waals surface area contributed by atoms with E-state index in [9.17, 15) is 13.2 Å². The Hall–Kier alpha value is -2.15. The fourth-order valence-corrected chi connectivity index (χ4v) is 5.37. The highest BCUT2D eigenvalue weighted by Crippen LogP contribution is 2.34. The zero-order chi connectivity index (χ0) is 21.4. The molecular weight excluding hydrogens is 386 g/mol. The normalized spacial score (nSPS) is 20.0. The Kier molecular flexibility index (Phi) is 5.90. The first-order valence-electron chi connectivity index (χ1n) is 10.2. The topological polar surface area (TPSA) is 70.0 Å². The fraction of sp³-hybridized carbons (Fsp3) is 0.545. The predicted molar refractivity (Wildman–Crippen MR) is 117 cm³/mol. The molecule has 0 radical (unpaired) electrons. The smallest absolute Gasteiger partial charge is 0.285 e. The van der Waals surface area contributed by atoms with Crippen molar-refractivity contribution in [1.29, 1.82) is 0 Å². The molecule has 1 aromatic carbocycles. The number of benzene rings is 1. The van der Waals surface area contributed by atoms with Crippen LogP contribution in [-0.2, 0) is 21.2 Å². The van der Waals surface area contributed by atoms with Crippen LogP contribution in [0.15, 0.2) is 34.2 Å². The minimum Gasteiger partial charge on any atom is -0.354 e. The van der Waals surface area contributed by atoms with Gasteiger partial charge in [-0.15, -0.1) is 4.40 Å². The minimum atomic E-state index is -3.73. The molecule has 29 heavy (non-hydrogen) atoms. The summed E-state index contributed by atoms with van der Waals surface area (Å²) in [6, 6.07) is 7.65. The zero-order valence-corrected chi connectivity index (χ0v) is 18.8. The molecule has 1 aromatic rings. The van der Waals surface area contributed by atoms with Gasteiger partial charge in [-0.25, -0.2) is 0 Å². The molecule has 3 rings (SSSR count). The Morgan fingerprint density at radius 3 is 2.31 bits per heavy atom. The highest BCUT2D eigenvalue weighted by molar-refractivity contribution is 8.00. The number of amidine groups is 1. The van der Waals surface area contributed by atoms with Crippen molar-refractivity contribution in [1.82, 2.24) is 9.80 Å². The van der Waals surface area contributed by atoms with E-state index in [0.29, 0.717) is 48.1 Å². The molecule has 1 fully saturated rings. The number of amides is 1. The Morgan fingerprint density at radius 2 is 1.72 bits per heavy atom. The lowest BCUT2D eigenvalue weighted by molar-refractivity contribution is -0.139. The van der Waals surface area contributed by atoms with Gasteiger partial charge >= 0.3 is 0 Å². The molecule has 0 bridgehead atoms. The van der Waals surface area contributed by atoms with E-state index in [1.807, 2.05) is 61.8 Å². The maximum absolute atomic E-state index is 12.8. The first-order chi connectivity index (χ1) is 13.5. The number of sulfonamides is 1. The molecule has 0 saturated carbocycles. The molecule has 0 unspecified atom stereocenters. The van der Waals surface area contributed by atoms with E-state index in [0.717, 1.165) is 12.8 Å². The number of carbonyl (C=O) groups is 1. The molecule has 158 valence electrons. The molecule has 6 nitrogen and oxygen atoms in total. The van der Waals surface area contributed by atoms with Crippen molar-refractivity contribution in [2.75, 3.05) is 26.2 Å². The molecule has 0 N–H and O–H groups in total. The van der Waals surface area contributed by atoms with E-state index >= 15 is 0 Å². The summed E-state index contributed by atoms with van der Waals surface area (Å²) in [5, 5.41) is 0. The predicted octanol–water partition coefficient (Wildman–Crippen LogP) is 3.30. The fourth-order valence-electron chi connectivity index (χ4n) is 3.88. The lowest BCUT2D eigenvalue weighted by Gasteiger charge is -2.28. The average Bonchev–Trinajstić information content (AvgIpc) is 2.82. The van der Waals surface area contributed by atoms with Crippen LogP contribution in [0.4, 0.5) is 0 Å². The van der Waals surface area contributed by atoms with Crippen LogP contribution in [0.5, 0.6) is 0 Å². The summed E-state index contributed by atoms with van der Waals surface area (Å²) in [5.74, 6) is 0.647. The van der Waals surface area contributed by atoms with Crippen molar-refractivity contribution in [3.8, 4) is 0 Å². The molecule has 1 saturated heterocycles. The molecule has 0 atom stereocenters. The first-order valence-corrected chi connectivity index (χ1v) is 11.7. The third-order valence-electron chi connectivity index (χ3n) is 5.49. The quantitative estimate of drug-likeness (QED) is 0.740. The second-order valence-electron chi connectivity index (χ2n) is 8.78. The maximum atomic E-state index is 12.8. The van der Waals surface area contributed by atoms with Crippen LogP contribution >= 0.6 is 0 Å². The van der Waals surface area contributed by atoms with Gasteiger partial charge in [-0.1, -0.05) is 52.0 Å². The number of hydrogen-bond acceptors (Lipinski definition) is 4. The van der Waals surface area contributed by atoms with Crippen molar-refractivity contribution in [2.45, 2.75) is 47.5 Å². The van der Waals surface area contributed by atoms with E-state index in [4.69, 9.17) is 0 Å². The summed E-state index contributed by atoms with van der Waals surface area (Å²) in [4.78, 5) is 16.8. The molecule has 1 amide bonds. The summed E-state index contributed by atoms with van der Waals surface area (Å²) in [6.07, 6.45) is 1.69. The molecule has 0 aromatic heterocycles. The van der Waals surface area contributed by atoms with Crippen molar-refractivity contribution < 1.29 is 13.2 Å². The minimum absolute atomic E-state index is 0.129. The molecule has 7 heteroatoms. The second kappa shape index (κ2) is 7.94. The molecule has 2 aliphatic rings. The largest absolute Gasteiger partial charge is 0.354 e. The zero-order valence-electron chi connectivity index (χ0n) is 18.0. The summed E-state index contributed by atoms with van der Waals surface area (Å²) >= 11 is 0. The third kappa shape index (κ3) is 4.39. The van der Waals surface area contributed by atoms with E-state index < -0.39 is 15.4 Å². The van der Waals surface area contributed by atoms with Gasteiger partial charge in [-0.05, 0) is 30.9 Å². The van der Waals surface area contributed by atoms with Crippen LogP contribution in [0.1, 0.15) is 52.2 Å². The number of aryl methyl sites for hydroxylation is 1. The van der Waals surface area contributed by atoms with Crippen LogP contribution in [-0.4, -0.2) is 56.1 Å². The highest BCUT2D eigenvalue weighted by Gasteiger charge is 2.35. The Labute approximate surface area is 174 Å². The Balaban J connectivity index is 1.85. The molecule has 2 heterocycles. The van der Waals surface area contributed by atoms with Crippen LogP contribution in [0.2, 0.25) is 0 Å². The molecular formula is C22H31N3O3S. The highest BCUT2D eigenvalue weighted by atomic mass is 32.2. The SMILES string of the molecule is CCc1ccc(C2=C(C)C(N3CCCN(C(=O)C(C)(C)C)CC3)=NS2(=O)=O)cc1. The molecule has 2 aliphatic heterocycles. The van der Waals surface area contributed by atoms with Crippen molar-refractivity contribution in [3.05, 3.63) is 41.0 Å². The van der Waals surface area contributed by atoms with Gasteiger partial charge in [0, 0.05) is 37.2 Å². The van der Waals surface area contributed by atoms with Crippen molar-refractivity contribution >= 4 is 26.7 Å². The van der Waals surface area contributed by atoms with Crippen LogP contribution in [0, 0.1) is 5.41 Å². The third-order valence-corrected chi connectivity index (χ3v) is 6.96. The standard InChI is InChI=1S/C22H31N3O3S/c1-6-17-8-10-18(11-9-17)19-16(2)20(23-29(19,27)28)24-12-7-13-25(15-14-24)21(26)22(3,4)5/h8-11H,6-7,12-15H2,1-5H3. The van der Waals surface area contributed by atoms with Crippen molar-refractivity contribution in [2.24, 2.45) is 9.81 Å². The second-order valence-corrected chi connectivity index (χ2v) is 10.3. The van der Waals surface area contributed by atoms with Gasteiger partial charge in [0.05, 0.1) is 0 Å². The van der Waals surface area contributed by atoms with Crippen LogP contribution < -0.4 is 0 Å². The average molecular weight is 418 g/mol. The van der Waals surface area contributed by atoms with E-state index in [-0.39, 0.29) is 5.91 Å². The summed E-state index contributed by atoms with van der Waals surface area (Å²) in [7, 11) is -3.73. The van der Waals surface area contributed by atoms with Gasteiger partial charge in [-0.2, -0.15) is 8.42 Å². The molecule has 0 spiro atoms. The van der Waals surface area contributed by atoms with Crippen molar-refractivity contribution in [3.63, 3.8) is 0 Å². The van der Waals surface area contributed by atoms with Gasteiger partial charge in [0.15, 0.2) is 0 Å². The summed E-state index contributed by atoms with van der Waals surface area (Å²) in [5.41, 5.74) is 2.11. The lowest BCUT2D eigenvalue weighted by atomic mass is 9.94. The Bertz CT molecular complexity index is 954. The van der Waals surface area contributed by atoms with Gasteiger partial charge in [0.25, 0.3) is 10.0 Å². The number of nitrogens with zero attached hydrogens (tertiary/aromatic N) is 3.